The Bertz CT molecular complexity index is 440. The second kappa shape index (κ2) is 5.49. The number of carbonyl (C=O) groups excluding carboxylic acids is 1. The quantitative estimate of drug-likeness (QED) is 0.839. The number of piperidine rings is 1. The summed E-state index contributed by atoms with van der Waals surface area (Å²) in [4.78, 5) is 12.1. The number of ether oxygens (including phenoxy) is 2. The lowest BCUT2D eigenvalue weighted by Gasteiger charge is -2.41. The molecule has 2 unspecified atom stereocenters. The molecule has 2 heterocycles. The molecule has 2 bridgehead atoms. The fourth-order valence-corrected chi connectivity index (χ4v) is 2.85. The van der Waals surface area contributed by atoms with Crippen LogP contribution in [0.2, 0.25) is 5.02 Å². The fourth-order valence-electron chi connectivity index (χ4n) is 2.72. The van der Waals surface area contributed by atoms with Crippen molar-refractivity contribution in [1.29, 1.82) is 0 Å². The highest BCUT2D eigenvalue weighted by molar-refractivity contribution is 6.30. The lowest BCUT2D eigenvalue weighted by atomic mass is 9.86. The van der Waals surface area contributed by atoms with Crippen molar-refractivity contribution in [3.63, 3.8) is 0 Å². The Labute approximate surface area is 117 Å². The van der Waals surface area contributed by atoms with Crippen LogP contribution in [0.5, 0.6) is 0 Å². The maximum atomic E-state index is 12.1. The Kier molecular flexibility index (Phi) is 3.73. The van der Waals surface area contributed by atoms with Crippen LogP contribution in [-0.2, 0) is 9.47 Å². The summed E-state index contributed by atoms with van der Waals surface area (Å²) in [5, 5.41) is 3.96. The smallest absolute Gasteiger partial charge is 0.338 e. The van der Waals surface area contributed by atoms with Gasteiger partial charge in [0.05, 0.1) is 18.8 Å². The summed E-state index contributed by atoms with van der Waals surface area (Å²) < 4.78 is 11.2. The SMILES string of the molecule is O=C(OC1C2CNCC1COC2)c1ccc(Cl)cc1. The molecule has 0 spiro atoms. The number of rotatable bonds is 2. The Morgan fingerprint density at radius 3 is 2.47 bits per heavy atom. The lowest BCUT2D eigenvalue weighted by Crippen LogP contribution is -2.55. The molecule has 2 aliphatic rings. The van der Waals surface area contributed by atoms with E-state index in [0.29, 0.717) is 23.8 Å². The van der Waals surface area contributed by atoms with Crippen molar-refractivity contribution in [2.24, 2.45) is 11.8 Å². The molecule has 4 nitrogen and oxygen atoms in total. The van der Waals surface area contributed by atoms with Gasteiger partial charge in [0.15, 0.2) is 0 Å². The van der Waals surface area contributed by atoms with E-state index in [1.807, 2.05) is 0 Å². The van der Waals surface area contributed by atoms with Crippen molar-refractivity contribution < 1.29 is 14.3 Å². The zero-order chi connectivity index (χ0) is 13.2. The zero-order valence-corrected chi connectivity index (χ0v) is 11.2. The van der Waals surface area contributed by atoms with Gasteiger partial charge in [-0.25, -0.2) is 4.79 Å². The Morgan fingerprint density at radius 2 is 1.84 bits per heavy atom. The number of benzene rings is 1. The summed E-state index contributed by atoms with van der Waals surface area (Å²) in [6.45, 7) is 2.99. The number of fused-ring (bicyclic) bond motifs is 2. The van der Waals surface area contributed by atoms with Gasteiger partial charge in [-0.3, -0.25) is 0 Å². The molecular weight excluding hydrogens is 266 g/mol. The third-order valence-corrected chi connectivity index (χ3v) is 3.98. The summed E-state index contributed by atoms with van der Waals surface area (Å²) in [5.74, 6) is 0.230. The highest BCUT2D eigenvalue weighted by atomic mass is 35.5. The van der Waals surface area contributed by atoms with Crippen molar-refractivity contribution in [1.82, 2.24) is 5.32 Å². The average Bonchev–Trinajstić information content (AvgIpc) is 2.39. The topological polar surface area (TPSA) is 47.6 Å². The molecule has 0 aliphatic carbocycles. The Balaban J connectivity index is 1.70. The first-order valence-corrected chi connectivity index (χ1v) is 6.87. The summed E-state index contributed by atoms with van der Waals surface area (Å²) in [6.07, 6.45) is -0.0434. The molecule has 1 aromatic rings. The molecule has 1 aromatic carbocycles. The summed E-state index contributed by atoms with van der Waals surface area (Å²) in [7, 11) is 0. The van der Waals surface area contributed by atoms with E-state index >= 15 is 0 Å². The summed E-state index contributed by atoms with van der Waals surface area (Å²) in [6, 6.07) is 6.78. The van der Waals surface area contributed by atoms with Gasteiger partial charge in [-0.15, -0.1) is 0 Å². The van der Waals surface area contributed by atoms with Crippen LogP contribution >= 0.6 is 11.6 Å². The first-order chi connectivity index (χ1) is 9.24. The van der Waals surface area contributed by atoms with Crippen molar-refractivity contribution in [2.45, 2.75) is 6.10 Å². The van der Waals surface area contributed by atoms with E-state index in [1.54, 1.807) is 24.3 Å². The summed E-state index contributed by atoms with van der Waals surface area (Å²) >= 11 is 5.81. The predicted molar refractivity (Wildman–Crippen MR) is 71.3 cm³/mol. The molecule has 2 atom stereocenters. The highest BCUT2D eigenvalue weighted by Crippen LogP contribution is 2.27. The van der Waals surface area contributed by atoms with Crippen LogP contribution < -0.4 is 5.32 Å². The minimum absolute atomic E-state index is 0.0434. The highest BCUT2D eigenvalue weighted by Gasteiger charge is 2.39. The molecule has 0 radical (unpaired) electrons. The molecule has 102 valence electrons. The molecule has 2 saturated heterocycles. The Hall–Kier alpha value is -1.10. The molecule has 3 rings (SSSR count). The van der Waals surface area contributed by atoms with Crippen molar-refractivity contribution in [3.8, 4) is 0 Å². The molecule has 5 heteroatoms. The maximum absolute atomic E-state index is 12.1. The minimum Gasteiger partial charge on any atom is -0.458 e. The van der Waals surface area contributed by atoms with Gasteiger partial charge in [0, 0.05) is 29.9 Å². The van der Waals surface area contributed by atoms with Crippen molar-refractivity contribution in [3.05, 3.63) is 34.9 Å². The number of halogens is 1. The average molecular weight is 282 g/mol. The molecule has 2 fully saturated rings. The van der Waals surface area contributed by atoms with E-state index in [0.717, 1.165) is 13.1 Å². The van der Waals surface area contributed by atoms with Crippen LogP contribution in [0.1, 0.15) is 10.4 Å². The van der Waals surface area contributed by atoms with Gasteiger partial charge in [0.2, 0.25) is 0 Å². The van der Waals surface area contributed by atoms with E-state index < -0.39 is 0 Å². The molecule has 1 N–H and O–H groups in total. The second-order valence-electron chi connectivity index (χ2n) is 5.09. The largest absolute Gasteiger partial charge is 0.458 e. The minimum atomic E-state index is -0.277. The van der Waals surface area contributed by atoms with Crippen molar-refractivity contribution in [2.75, 3.05) is 26.3 Å². The van der Waals surface area contributed by atoms with E-state index in [2.05, 4.69) is 5.32 Å². The normalized spacial score (nSPS) is 29.8. The molecule has 0 aromatic heterocycles. The Morgan fingerprint density at radius 1 is 1.21 bits per heavy atom. The second-order valence-corrected chi connectivity index (χ2v) is 5.53. The molecule has 0 saturated carbocycles. The third kappa shape index (κ3) is 2.76. The third-order valence-electron chi connectivity index (χ3n) is 3.73. The number of esters is 1. The lowest BCUT2D eigenvalue weighted by molar-refractivity contribution is -0.102. The van der Waals surface area contributed by atoms with Crippen LogP contribution in [0.15, 0.2) is 24.3 Å². The van der Waals surface area contributed by atoms with E-state index in [4.69, 9.17) is 21.1 Å². The zero-order valence-electron chi connectivity index (χ0n) is 10.5. The van der Waals surface area contributed by atoms with Crippen LogP contribution in [0.3, 0.4) is 0 Å². The van der Waals surface area contributed by atoms with Gasteiger partial charge >= 0.3 is 5.97 Å². The van der Waals surface area contributed by atoms with E-state index in [9.17, 15) is 4.79 Å². The molecule has 19 heavy (non-hydrogen) atoms. The first kappa shape index (κ1) is 12.9. The van der Waals surface area contributed by atoms with Gasteiger partial charge in [0.1, 0.15) is 6.10 Å². The number of hydrogen-bond acceptors (Lipinski definition) is 4. The van der Waals surface area contributed by atoms with Crippen molar-refractivity contribution >= 4 is 17.6 Å². The number of hydrogen-bond donors (Lipinski definition) is 1. The van der Waals surface area contributed by atoms with Gasteiger partial charge < -0.3 is 14.8 Å². The van der Waals surface area contributed by atoms with E-state index in [1.165, 1.54) is 0 Å². The number of nitrogens with one attached hydrogen (secondary N) is 1. The fraction of sp³-hybridized carbons (Fsp3) is 0.500. The van der Waals surface area contributed by atoms with E-state index in [-0.39, 0.29) is 23.9 Å². The monoisotopic (exact) mass is 281 g/mol. The van der Waals surface area contributed by atoms with Crippen LogP contribution in [0.4, 0.5) is 0 Å². The molecular formula is C14H16ClNO3. The van der Waals surface area contributed by atoms with Gasteiger partial charge in [-0.1, -0.05) is 11.6 Å². The standard InChI is InChI=1S/C14H16ClNO3/c15-12-3-1-9(2-4-12)14(17)19-13-10-5-16-6-11(13)8-18-7-10/h1-4,10-11,13,16H,5-8H2. The van der Waals surface area contributed by atoms with Crippen LogP contribution in [-0.4, -0.2) is 38.4 Å². The first-order valence-electron chi connectivity index (χ1n) is 6.49. The maximum Gasteiger partial charge on any atom is 0.338 e. The van der Waals surface area contributed by atoms with Crippen LogP contribution in [0, 0.1) is 11.8 Å². The van der Waals surface area contributed by atoms with Crippen LogP contribution in [0.25, 0.3) is 0 Å². The molecule has 2 aliphatic heterocycles. The van der Waals surface area contributed by atoms with Gasteiger partial charge in [-0.2, -0.15) is 0 Å². The predicted octanol–water partition coefficient (Wildman–Crippen LogP) is 1.73. The summed E-state index contributed by atoms with van der Waals surface area (Å²) in [5.41, 5.74) is 0.543. The molecule has 0 amide bonds. The number of carbonyl (C=O) groups is 1. The van der Waals surface area contributed by atoms with Gasteiger partial charge in [0.25, 0.3) is 0 Å². The van der Waals surface area contributed by atoms with Gasteiger partial charge in [-0.05, 0) is 24.3 Å².